The van der Waals surface area contributed by atoms with Gasteiger partial charge in [-0.15, -0.1) is 0 Å². The Morgan fingerprint density at radius 1 is 1.32 bits per heavy atom. The van der Waals surface area contributed by atoms with Crippen LogP contribution in [0.25, 0.3) is 10.9 Å². The maximum atomic E-state index is 12.9. The van der Waals surface area contributed by atoms with Crippen LogP contribution >= 0.6 is 0 Å². The maximum Gasteiger partial charge on any atom is 0.270 e. The molecule has 1 aliphatic rings. The molecule has 1 amide bonds. The van der Waals surface area contributed by atoms with Crippen molar-refractivity contribution in [1.82, 2.24) is 19.4 Å². The van der Waals surface area contributed by atoms with E-state index in [0.29, 0.717) is 11.7 Å². The summed E-state index contributed by atoms with van der Waals surface area (Å²) in [7, 11) is 1.64. The normalized spacial score (nSPS) is 17.4. The van der Waals surface area contributed by atoms with Crippen LogP contribution in [0.15, 0.2) is 30.5 Å². The van der Waals surface area contributed by atoms with E-state index in [0.717, 1.165) is 47.7 Å². The van der Waals surface area contributed by atoms with Gasteiger partial charge in [0.15, 0.2) is 0 Å². The molecule has 1 N–H and O–H groups in total. The SMILES string of the molecule is COc1ccc2[nH]c(C(=O)N3CCC(n4c(C)cnc4C)C3)cc2c1. The van der Waals surface area contributed by atoms with Gasteiger partial charge in [-0.1, -0.05) is 0 Å². The predicted octanol–water partition coefficient (Wildman–Crippen LogP) is 3.08. The Morgan fingerprint density at radius 2 is 2.16 bits per heavy atom. The number of hydrogen-bond donors (Lipinski definition) is 1. The molecule has 4 rings (SSSR count). The van der Waals surface area contributed by atoms with E-state index in [4.69, 9.17) is 4.74 Å². The smallest absolute Gasteiger partial charge is 0.270 e. The first kappa shape index (κ1) is 15.7. The van der Waals surface area contributed by atoms with Gasteiger partial charge in [0, 0.05) is 35.9 Å². The summed E-state index contributed by atoms with van der Waals surface area (Å²) in [4.78, 5) is 22.4. The Labute approximate surface area is 146 Å². The molecule has 0 spiro atoms. The second-order valence-corrected chi connectivity index (χ2v) is 6.65. The number of carbonyl (C=O) groups is 1. The van der Waals surface area contributed by atoms with E-state index < -0.39 is 0 Å². The Morgan fingerprint density at radius 3 is 2.88 bits per heavy atom. The summed E-state index contributed by atoms with van der Waals surface area (Å²) in [6, 6.07) is 7.98. The van der Waals surface area contributed by atoms with Gasteiger partial charge in [-0.2, -0.15) is 0 Å². The molecule has 1 atom stereocenters. The number of nitrogens with one attached hydrogen (secondary N) is 1. The van der Waals surface area contributed by atoms with Crippen LogP contribution in [0.2, 0.25) is 0 Å². The third kappa shape index (κ3) is 2.67. The summed E-state index contributed by atoms with van der Waals surface area (Å²) in [5, 5.41) is 0.986. The maximum absolute atomic E-state index is 12.9. The number of rotatable bonds is 3. The zero-order valence-corrected chi connectivity index (χ0v) is 14.7. The standard InChI is InChI=1S/C19H22N4O2/c1-12-10-20-13(2)23(12)15-6-7-22(11-15)19(24)18-9-14-8-16(25-3)4-5-17(14)21-18/h4-5,8-10,15,21H,6-7,11H2,1-3H3. The molecule has 3 heterocycles. The molecule has 2 aromatic heterocycles. The lowest BCUT2D eigenvalue weighted by molar-refractivity contribution is 0.0782. The van der Waals surface area contributed by atoms with Gasteiger partial charge >= 0.3 is 0 Å². The number of nitrogens with zero attached hydrogens (tertiary/aromatic N) is 3. The van der Waals surface area contributed by atoms with Crippen LogP contribution in [0.1, 0.15) is 34.5 Å². The second-order valence-electron chi connectivity index (χ2n) is 6.65. The van der Waals surface area contributed by atoms with Gasteiger partial charge in [0.25, 0.3) is 5.91 Å². The van der Waals surface area contributed by atoms with Gasteiger partial charge in [0.05, 0.1) is 13.2 Å². The molecule has 1 fully saturated rings. The first-order valence-corrected chi connectivity index (χ1v) is 8.53. The third-order valence-corrected chi connectivity index (χ3v) is 5.04. The van der Waals surface area contributed by atoms with Crippen LogP contribution in [0.3, 0.4) is 0 Å². The Kier molecular flexibility index (Phi) is 3.75. The number of aromatic nitrogens is 3. The number of hydrogen-bond acceptors (Lipinski definition) is 3. The van der Waals surface area contributed by atoms with Crippen molar-refractivity contribution < 1.29 is 9.53 Å². The molecule has 0 aliphatic carbocycles. The fourth-order valence-electron chi connectivity index (χ4n) is 3.78. The number of carbonyl (C=O) groups excluding carboxylic acids is 1. The number of benzene rings is 1. The zero-order chi connectivity index (χ0) is 17.6. The molecule has 130 valence electrons. The lowest BCUT2D eigenvalue weighted by Crippen LogP contribution is -2.29. The number of H-pyrrole nitrogens is 1. The average molecular weight is 338 g/mol. The molecule has 0 bridgehead atoms. The van der Waals surface area contributed by atoms with Crippen molar-refractivity contribution in [2.45, 2.75) is 26.3 Å². The summed E-state index contributed by atoms with van der Waals surface area (Å²) >= 11 is 0. The van der Waals surface area contributed by atoms with Gasteiger partial charge in [-0.3, -0.25) is 4.79 Å². The number of imidazole rings is 1. The van der Waals surface area contributed by atoms with Crippen molar-refractivity contribution >= 4 is 16.8 Å². The van der Waals surface area contributed by atoms with Gasteiger partial charge in [0.1, 0.15) is 17.3 Å². The quantitative estimate of drug-likeness (QED) is 0.798. The van der Waals surface area contributed by atoms with Crippen molar-refractivity contribution in [3.8, 4) is 5.75 Å². The molecule has 25 heavy (non-hydrogen) atoms. The Bertz CT molecular complexity index is 921. The number of aryl methyl sites for hydroxylation is 2. The monoisotopic (exact) mass is 338 g/mol. The molecule has 0 saturated carbocycles. The molecular weight excluding hydrogens is 316 g/mol. The number of likely N-dealkylation sites (tertiary alicyclic amines) is 1. The number of methoxy groups -OCH3 is 1. The first-order valence-electron chi connectivity index (χ1n) is 8.53. The molecule has 0 radical (unpaired) electrons. The van der Waals surface area contributed by atoms with E-state index in [9.17, 15) is 4.79 Å². The van der Waals surface area contributed by atoms with Crippen LogP contribution < -0.4 is 4.74 Å². The predicted molar refractivity (Wildman–Crippen MR) is 96.1 cm³/mol. The fraction of sp³-hybridized carbons (Fsp3) is 0.368. The minimum absolute atomic E-state index is 0.0492. The van der Waals surface area contributed by atoms with Gasteiger partial charge < -0.3 is 19.2 Å². The topological polar surface area (TPSA) is 63.2 Å². The lowest BCUT2D eigenvalue weighted by atomic mass is 10.2. The van der Waals surface area contributed by atoms with Crippen LogP contribution in [-0.4, -0.2) is 45.5 Å². The number of fused-ring (bicyclic) bond motifs is 1. The van der Waals surface area contributed by atoms with Crippen molar-refractivity contribution in [2.75, 3.05) is 20.2 Å². The molecule has 1 unspecified atom stereocenters. The van der Waals surface area contributed by atoms with Crippen molar-refractivity contribution in [3.05, 3.63) is 47.7 Å². The highest BCUT2D eigenvalue weighted by molar-refractivity contribution is 5.98. The lowest BCUT2D eigenvalue weighted by Gasteiger charge is -2.18. The largest absolute Gasteiger partial charge is 0.497 e. The van der Waals surface area contributed by atoms with Crippen molar-refractivity contribution in [3.63, 3.8) is 0 Å². The van der Waals surface area contributed by atoms with Crippen LogP contribution in [0.4, 0.5) is 0 Å². The summed E-state index contributed by atoms with van der Waals surface area (Å²) in [6.45, 7) is 5.56. The van der Waals surface area contributed by atoms with E-state index in [1.165, 1.54) is 0 Å². The van der Waals surface area contributed by atoms with E-state index in [2.05, 4.69) is 21.5 Å². The van der Waals surface area contributed by atoms with E-state index in [1.807, 2.05) is 42.3 Å². The van der Waals surface area contributed by atoms with Gasteiger partial charge in [-0.05, 0) is 44.5 Å². The zero-order valence-electron chi connectivity index (χ0n) is 14.7. The van der Waals surface area contributed by atoms with Gasteiger partial charge in [-0.25, -0.2) is 4.98 Å². The molecule has 6 nitrogen and oxygen atoms in total. The van der Waals surface area contributed by atoms with E-state index >= 15 is 0 Å². The van der Waals surface area contributed by atoms with E-state index in [1.54, 1.807) is 7.11 Å². The highest BCUT2D eigenvalue weighted by atomic mass is 16.5. The van der Waals surface area contributed by atoms with Crippen molar-refractivity contribution in [2.24, 2.45) is 0 Å². The molecular formula is C19H22N4O2. The van der Waals surface area contributed by atoms with Crippen LogP contribution in [-0.2, 0) is 0 Å². The third-order valence-electron chi connectivity index (χ3n) is 5.04. The summed E-state index contributed by atoms with van der Waals surface area (Å²) in [5.41, 5.74) is 2.72. The summed E-state index contributed by atoms with van der Waals surface area (Å²) in [6.07, 6.45) is 2.85. The molecule has 1 aromatic carbocycles. The number of amides is 1. The van der Waals surface area contributed by atoms with Crippen molar-refractivity contribution in [1.29, 1.82) is 0 Å². The Hall–Kier alpha value is -2.76. The second kappa shape index (κ2) is 5.95. The molecule has 1 aliphatic heterocycles. The summed E-state index contributed by atoms with van der Waals surface area (Å²) < 4.78 is 7.49. The Balaban J connectivity index is 1.56. The van der Waals surface area contributed by atoms with Crippen LogP contribution in [0.5, 0.6) is 5.75 Å². The minimum Gasteiger partial charge on any atom is -0.497 e. The van der Waals surface area contributed by atoms with Gasteiger partial charge in [0.2, 0.25) is 0 Å². The fourth-order valence-corrected chi connectivity index (χ4v) is 3.78. The first-order chi connectivity index (χ1) is 12.1. The van der Waals surface area contributed by atoms with Crippen LogP contribution in [0, 0.1) is 13.8 Å². The minimum atomic E-state index is 0.0492. The molecule has 1 saturated heterocycles. The highest BCUT2D eigenvalue weighted by Crippen LogP contribution is 2.27. The van der Waals surface area contributed by atoms with E-state index in [-0.39, 0.29) is 5.91 Å². The number of aromatic amines is 1. The highest BCUT2D eigenvalue weighted by Gasteiger charge is 2.30. The molecule has 3 aromatic rings. The molecule has 6 heteroatoms. The average Bonchev–Trinajstić information content (AvgIpc) is 3.32. The number of ether oxygens (including phenoxy) is 1. The summed E-state index contributed by atoms with van der Waals surface area (Å²) in [5.74, 6) is 1.85.